The number of halogens is 1. The van der Waals surface area contributed by atoms with Crippen molar-refractivity contribution in [1.82, 2.24) is 15.5 Å². The number of benzene rings is 1. The molecule has 1 aromatic carbocycles. The van der Waals surface area contributed by atoms with Crippen molar-refractivity contribution in [3.63, 3.8) is 0 Å². The van der Waals surface area contributed by atoms with Crippen molar-refractivity contribution < 1.29 is 14.0 Å². The average Bonchev–Trinajstić information content (AvgIpc) is 3.02. The summed E-state index contributed by atoms with van der Waals surface area (Å²) in [5.74, 6) is 2.39. The molecular formula is C17H24ClN3O3. The van der Waals surface area contributed by atoms with Gasteiger partial charge in [0.1, 0.15) is 0 Å². The fourth-order valence-corrected chi connectivity index (χ4v) is 2.46. The monoisotopic (exact) mass is 353 g/mol. The molecule has 7 heteroatoms. The molecule has 2 aromatic rings. The van der Waals surface area contributed by atoms with Crippen molar-refractivity contribution in [2.75, 3.05) is 14.2 Å². The van der Waals surface area contributed by atoms with Crippen LogP contribution in [0, 0.1) is 0 Å². The molecule has 0 amide bonds. The van der Waals surface area contributed by atoms with E-state index in [0.717, 1.165) is 5.56 Å². The van der Waals surface area contributed by atoms with Gasteiger partial charge in [0.25, 0.3) is 0 Å². The third-order valence-electron chi connectivity index (χ3n) is 3.59. The van der Waals surface area contributed by atoms with Crippen molar-refractivity contribution in [2.45, 2.75) is 45.7 Å². The molecule has 1 aromatic heterocycles. The van der Waals surface area contributed by atoms with Gasteiger partial charge in [0.05, 0.1) is 25.3 Å². The van der Waals surface area contributed by atoms with Gasteiger partial charge in [-0.1, -0.05) is 37.5 Å². The smallest absolute Gasteiger partial charge is 0.243 e. The Hall–Kier alpha value is -1.79. The van der Waals surface area contributed by atoms with Crippen LogP contribution in [-0.2, 0) is 12.0 Å². The third-order valence-corrected chi connectivity index (χ3v) is 3.87. The minimum Gasteiger partial charge on any atom is -0.493 e. The summed E-state index contributed by atoms with van der Waals surface area (Å²) in [4.78, 5) is 4.46. The van der Waals surface area contributed by atoms with Gasteiger partial charge in [0, 0.05) is 12.0 Å². The predicted octanol–water partition coefficient (Wildman–Crippen LogP) is 3.89. The topological polar surface area (TPSA) is 69.4 Å². The fourth-order valence-electron chi connectivity index (χ4n) is 2.15. The van der Waals surface area contributed by atoms with Gasteiger partial charge in [-0.3, -0.25) is 0 Å². The summed E-state index contributed by atoms with van der Waals surface area (Å²) in [6, 6.07) is 3.65. The summed E-state index contributed by atoms with van der Waals surface area (Å²) in [6.45, 7) is 8.69. The first kappa shape index (κ1) is 18.5. The Morgan fingerprint density at radius 1 is 1.25 bits per heavy atom. The molecule has 1 heterocycles. The Labute approximate surface area is 147 Å². The molecule has 0 saturated carbocycles. The minimum absolute atomic E-state index is 0.0829. The summed E-state index contributed by atoms with van der Waals surface area (Å²) in [5.41, 5.74) is 0.832. The Balaban J connectivity index is 2.08. The molecule has 1 atom stereocenters. The van der Waals surface area contributed by atoms with E-state index in [-0.39, 0.29) is 11.5 Å². The first-order chi connectivity index (χ1) is 11.3. The Morgan fingerprint density at radius 3 is 2.50 bits per heavy atom. The van der Waals surface area contributed by atoms with E-state index >= 15 is 0 Å². The van der Waals surface area contributed by atoms with E-state index < -0.39 is 0 Å². The lowest BCUT2D eigenvalue weighted by atomic mass is 9.96. The highest BCUT2D eigenvalue weighted by atomic mass is 35.5. The first-order valence-corrected chi connectivity index (χ1v) is 8.12. The zero-order valence-electron chi connectivity index (χ0n) is 14.9. The summed E-state index contributed by atoms with van der Waals surface area (Å²) >= 11 is 6.23. The van der Waals surface area contributed by atoms with Crippen LogP contribution in [0.25, 0.3) is 0 Å². The number of aromatic nitrogens is 2. The zero-order valence-corrected chi connectivity index (χ0v) is 15.7. The summed E-state index contributed by atoms with van der Waals surface area (Å²) in [6.07, 6.45) is 0. The Bertz CT molecular complexity index is 695. The van der Waals surface area contributed by atoms with Gasteiger partial charge in [-0.15, -0.1) is 0 Å². The summed E-state index contributed by atoms with van der Waals surface area (Å²) in [7, 11) is 3.15. The first-order valence-electron chi connectivity index (χ1n) is 7.74. The molecule has 0 aliphatic carbocycles. The Morgan fingerprint density at radius 2 is 1.96 bits per heavy atom. The van der Waals surface area contributed by atoms with E-state index in [2.05, 4.69) is 15.5 Å². The lowest BCUT2D eigenvalue weighted by molar-refractivity contribution is 0.330. The van der Waals surface area contributed by atoms with Crippen LogP contribution in [0.4, 0.5) is 0 Å². The molecule has 0 aliphatic rings. The molecule has 0 fully saturated rings. The van der Waals surface area contributed by atoms with Crippen LogP contribution < -0.4 is 14.8 Å². The summed E-state index contributed by atoms with van der Waals surface area (Å²) < 4.78 is 15.9. The highest BCUT2D eigenvalue weighted by molar-refractivity contribution is 6.32. The largest absolute Gasteiger partial charge is 0.493 e. The number of hydrogen-bond acceptors (Lipinski definition) is 6. The predicted molar refractivity (Wildman–Crippen MR) is 92.8 cm³/mol. The third kappa shape index (κ3) is 4.19. The van der Waals surface area contributed by atoms with E-state index in [1.807, 2.05) is 39.8 Å². The molecule has 0 radical (unpaired) electrons. The van der Waals surface area contributed by atoms with Crippen molar-refractivity contribution in [1.29, 1.82) is 0 Å². The van der Waals surface area contributed by atoms with Crippen LogP contribution in [0.2, 0.25) is 5.02 Å². The molecule has 1 unspecified atom stereocenters. The van der Waals surface area contributed by atoms with Gasteiger partial charge in [0.2, 0.25) is 5.89 Å². The zero-order chi connectivity index (χ0) is 17.9. The molecule has 0 spiro atoms. The van der Waals surface area contributed by atoms with Crippen LogP contribution in [0.3, 0.4) is 0 Å². The maximum absolute atomic E-state index is 6.23. The Kier molecular flexibility index (Phi) is 5.72. The van der Waals surface area contributed by atoms with E-state index in [1.54, 1.807) is 14.2 Å². The molecule has 2 rings (SSSR count). The van der Waals surface area contributed by atoms with Gasteiger partial charge in [0.15, 0.2) is 17.3 Å². The van der Waals surface area contributed by atoms with Gasteiger partial charge >= 0.3 is 0 Å². The minimum atomic E-state index is -0.141. The second-order valence-corrected chi connectivity index (χ2v) is 7.03. The van der Waals surface area contributed by atoms with Crippen LogP contribution in [0.1, 0.15) is 51.0 Å². The van der Waals surface area contributed by atoms with Crippen molar-refractivity contribution in [2.24, 2.45) is 0 Å². The van der Waals surface area contributed by atoms with E-state index in [9.17, 15) is 0 Å². The lowest BCUT2D eigenvalue weighted by Crippen LogP contribution is -2.19. The number of methoxy groups -OCH3 is 2. The molecule has 0 bridgehead atoms. The van der Waals surface area contributed by atoms with Gasteiger partial charge < -0.3 is 19.3 Å². The molecular weight excluding hydrogens is 330 g/mol. The SMILES string of the molecule is COc1cc(CNC(C)c2nc(C(C)(C)C)no2)cc(Cl)c1OC. The maximum Gasteiger partial charge on any atom is 0.243 e. The van der Waals surface area contributed by atoms with Gasteiger partial charge in [-0.2, -0.15) is 4.98 Å². The van der Waals surface area contributed by atoms with Crippen LogP contribution in [0.15, 0.2) is 16.7 Å². The second kappa shape index (κ2) is 7.40. The van der Waals surface area contributed by atoms with Crippen molar-refractivity contribution in [3.05, 3.63) is 34.4 Å². The number of nitrogens with one attached hydrogen (secondary N) is 1. The van der Waals surface area contributed by atoms with Gasteiger partial charge in [-0.25, -0.2) is 0 Å². The highest BCUT2D eigenvalue weighted by Gasteiger charge is 2.23. The normalized spacial score (nSPS) is 13.0. The van der Waals surface area contributed by atoms with Crippen LogP contribution in [-0.4, -0.2) is 24.4 Å². The number of nitrogens with zero attached hydrogens (tertiary/aromatic N) is 2. The van der Waals surface area contributed by atoms with Crippen LogP contribution >= 0.6 is 11.6 Å². The molecule has 0 saturated heterocycles. The van der Waals surface area contributed by atoms with E-state index in [0.29, 0.717) is 34.8 Å². The number of hydrogen-bond donors (Lipinski definition) is 1. The molecule has 6 nitrogen and oxygen atoms in total. The second-order valence-electron chi connectivity index (χ2n) is 6.62. The fraction of sp³-hybridized carbons (Fsp3) is 0.529. The molecule has 24 heavy (non-hydrogen) atoms. The number of ether oxygens (including phenoxy) is 2. The molecule has 1 N–H and O–H groups in total. The van der Waals surface area contributed by atoms with Gasteiger partial charge in [-0.05, 0) is 24.6 Å². The van der Waals surface area contributed by atoms with E-state index in [1.165, 1.54) is 0 Å². The average molecular weight is 354 g/mol. The summed E-state index contributed by atoms with van der Waals surface area (Å²) in [5, 5.41) is 7.90. The van der Waals surface area contributed by atoms with Crippen molar-refractivity contribution >= 4 is 11.6 Å². The standard InChI is InChI=1S/C17H24ClN3O3/c1-10(15-20-16(21-24-15)17(2,3)4)19-9-11-7-12(18)14(23-6)13(8-11)22-5/h7-8,10,19H,9H2,1-6H3. The maximum atomic E-state index is 6.23. The molecule has 132 valence electrons. The molecule has 0 aliphatic heterocycles. The van der Waals surface area contributed by atoms with Crippen LogP contribution in [0.5, 0.6) is 11.5 Å². The van der Waals surface area contributed by atoms with Crippen molar-refractivity contribution in [3.8, 4) is 11.5 Å². The van der Waals surface area contributed by atoms with E-state index in [4.69, 9.17) is 25.6 Å². The highest BCUT2D eigenvalue weighted by Crippen LogP contribution is 2.36. The number of rotatable bonds is 6. The lowest BCUT2D eigenvalue weighted by Gasteiger charge is -2.14. The quantitative estimate of drug-likeness (QED) is 0.849.